The first kappa shape index (κ1) is 7.74. The predicted molar refractivity (Wildman–Crippen MR) is 50.8 cm³/mol. The van der Waals surface area contributed by atoms with Crippen LogP contribution in [-0.2, 0) is 4.74 Å². The third-order valence-corrected chi connectivity index (χ3v) is 2.08. The number of hydrogen-bond donors (Lipinski definition) is 1. The average Bonchev–Trinajstić information content (AvgIpc) is 2.19. The Morgan fingerprint density at radius 1 is 1.69 bits per heavy atom. The summed E-state index contributed by atoms with van der Waals surface area (Å²) in [6, 6.07) is 3.44. The number of aromatic nitrogens is 1. The van der Waals surface area contributed by atoms with Gasteiger partial charge in [0, 0.05) is 19.3 Å². The van der Waals surface area contributed by atoms with Gasteiger partial charge < -0.3 is 10.1 Å². The molecule has 0 aromatic carbocycles. The molecule has 1 aromatic heterocycles. The first-order valence-corrected chi connectivity index (χ1v) is 4.55. The van der Waals surface area contributed by atoms with E-state index in [1.807, 2.05) is 0 Å². The number of pyridine rings is 1. The van der Waals surface area contributed by atoms with Crippen LogP contribution in [0.15, 0.2) is 18.3 Å². The van der Waals surface area contributed by atoms with Crippen molar-refractivity contribution in [2.45, 2.75) is 6.08 Å². The quantitative estimate of drug-likeness (QED) is 0.743. The molecule has 0 aliphatic carbocycles. The fourth-order valence-corrected chi connectivity index (χ4v) is 1.32. The van der Waals surface area contributed by atoms with E-state index in [0.717, 1.165) is 6.54 Å². The van der Waals surface area contributed by atoms with Crippen LogP contribution < -0.4 is 5.32 Å². The largest absolute Gasteiger partial charge is 0.369 e. The van der Waals surface area contributed by atoms with Crippen molar-refractivity contribution in [2.24, 2.45) is 0 Å². The molecule has 0 bridgehead atoms. The van der Waals surface area contributed by atoms with Gasteiger partial charge in [0.25, 0.3) is 0 Å². The molecule has 0 amide bonds. The first-order chi connectivity index (χ1) is 6.71. The maximum atomic E-state index is 8.04. The zero-order valence-corrected chi connectivity index (χ0v) is 7.84. The van der Waals surface area contributed by atoms with Crippen molar-refractivity contribution in [3.05, 3.63) is 29.0 Å². The van der Waals surface area contributed by atoms with Gasteiger partial charge >= 0.3 is 0 Å². The van der Waals surface area contributed by atoms with Crippen LogP contribution in [0.5, 0.6) is 0 Å². The van der Waals surface area contributed by atoms with Crippen LogP contribution in [0.2, 0.25) is 5.02 Å². The highest BCUT2D eigenvalue weighted by Gasteiger charge is 2.16. The molecule has 1 atom stereocenters. The number of rotatable bonds is 1. The zero-order valence-electron chi connectivity index (χ0n) is 8.09. The molecule has 0 radical (unpaired) electrons. The van der Waals surface area contributed by atoms with Gasteiger partial charge in [-0.15, -0.1) is 0 Å². The molecule has 2 heterocycles. The van der Waals surface area contributed by atoms with Gasteiger partial charge in [0.05, 0.1) is 18.7 Å². The fraction of sp³-hybridized carbons (Fsp3) is 0.444. The standard InChI is InChI=1S/C9H11ClN2O/c10-7-1-2-8(12-5-7)9-6-11-3-4-13-9/h1-2,5,9,11H,3-4,6H2/t9-/m1/s1/i9D. The maximum absolute atomic E-state index is 8.04. The van der Waals surface area contributed by atoms with Crippen LogP contribution in [-0.4, -0.2) is 24.7 Å². The van der Waals surface area contributed by atoms with E-state index in [0.29, 0.717) is 23.9 Å². The summed E-state index contributed by atoms with van der Waals surface area (Å²) in [6.07, 6.45) is 0.466. The Morgan fingerprint density at radius 3 is 3.23 bits per heavy atom. The van der Waals surface area contributed by atoms with Gasteiger partial charge in [-0.3, -0.25) is 4.98 Å². The highest BCUT2D eigenvalue weighted by Crippen LogP contribution is 2.17. The third-order valence-electron chi connectivity index (χ3n) is 1.85. The molecule has 1 N–H and O–H groups in total. The molecule has 1 aliphatic rings. The SMILES string of the molecule is [2H][C@]1(c2ccc(Cl)cn2)CNCCO1. The second kappa shape index (κ2) is 4.05. The monoisotopic (exact) mass is 199 g/mol. The number of hydrogen-bond acceptors (Lipinski definition) is 3. The van der Waals surface area contributed by atoms with Crippen LogP contribution in [0.4, 0.5) is 0 Å². The summed E-state index contributed by atoms with van der Waals surface area (Å²) in [5.74, 6) is 0. The van der Waals surface area contributed by atoms with E-state index >= 15 is 0 Å². The topological polar surface area (TPSA) is 34.2 Å². The fourth-order valence-electron chi connectivity index (χ4n) is 1.20. The molecular formula is C9H11ClN2O. The van der Waals surface area contributed by atoms with Crippen LogP contribution in [0.1, 0.15) is 13.1 Å². The van der Waals surface area contributed by atoms with E-state index < -0.39 is 6.08 Å². The average molecular weight is 200 g/mol. The smallest absolute Gasteiger partial charge is 0.112 e. The van der Waals surface area contributed by atoms with E-state index in [1.54, 1.807) is 12.1 Å². The van der Waals surface area contributed by atoms with Crippen molar-refractivity contribution in [2.75, 3.05) is 19.7 Å². The summed E-state index contributed by atoms with van der Waals surface area (Å²) in [5.41, 5.74) is 0.592. The van der Waals surface area contributed by atoms with Crippen molar-refractivity contribution >= 4 is 11.6 Å². The minimum atomic E-state index is -1.07. The second-order valence-corrected chi connectivity index (χ2v) is 3.25. The third kappa shape index (κ3) is 2.18. The van der Waals surface area contributed by atoms with Crippen molar-refractivity contribution < 1.29 is 6.11 Å². The molecule has 0 spiro atoms. The number of nitrogens with one attached hydrogen (secondary N) is 1. The van der Waals surface area contributed by atoms with Crippen LogP contribution in [0.25, 0.3) is 0 Å². The number of halogens is 1. The molecule has 70 valence electrons. The van der Waals surface area contributed by atoms with Gasteiger partial charge in [-0.2, -0.15) is 0 Å². The maximum Gasteiger partial charge on any atom is 0.112 e. The Bertz CT molecular complexity index is 311. The summed E-state index contributed by atoms with van der Waals surface area (Å²) in [7, 11) is 0. The molecule has 13 heavy (non-hydrogen) atoms. The van der Waals surface area contributed by atoms with Crippen molar-refractivity contribution in [1.29, 1.82) is 0 Å². The molecule has 1 aliphatic heterocycles. The Hall–Kier alpha value is -0.640. The van der Waals surface area contributed by atoms with E-state index in [-0.39, 0.29) is 0 Å². The minimum Gasteiger partial charge on any atom is -0.369 e. The molecule has 3 nitrogen and oxygen atoms in total. The number of nitrogens with zero attached hydrogens (tertiary/aromatic N) is 1. The number of morpholine rings is 1. The summed E-state index contributed by atoms with van der Waals surface area (Å²) in [4.78, 5) is 4.09. The lowest BCUT2D eigenvalue weighted by Crippen LogP contribution is -2.33. The van der Waals surface area contributed by atoms with E-state index in [9.17, 15) is 0 Å². The second-order valence-electron chi connectivity index (χ2n) is 2.81. The molecule has 1 saturated heterocycles. The van der Waals surface area contributed by atoms with E-state index in [4.69, 9.17) is 17.7 Å². The molecule has 0 unspecified atom stereocenters. The van der Waals surface area contributed by atoms with Crippen molar-refractivity contribution in [1.82, 2.24) is 10.3 Å². The minimum absolute atomic E-state index is 0.460. The normalized spacial score (nSPS) is 29.8. The first-order valence-electron chi connectivity index (χ1n) is 4.67. The van der Waals surface area contributed by atoms with Crippen LogP contribution in [0, 0.1) is 0 Å². The lowest BCUT2D eigenvalue weighted by molar-refractivity contribution is 0.0250. The Balaban J connectivity index is 2.23. The van der Waals surface area contributed by atoms with Crippen molar-refractivity contribution in [3.63, 3.8) is 0 Å². The lowest BCUT2D eigenvalue weighted by atomic mass is 10.2. The number of ether oxygens (including phenoxy) is 1. The van der Waals surface area contributed by atoms with Gasteiger partial charge in [-0.25, -0.2) is 0 Å². The van der Waals surface area contributed by atoms with E-state index in [2.05, 4.69) is 10.3 Å². The summed E-state index contributed by atoms with van der Waals surface area (Å²) >= 11 is 5.72. The van der Waals surface area contributed by atoms with Crippen molar-refractivity contribution in [3.8, 4) is 0 Å². The van der Waals surface area contributed by atoms with Crippen LogP contribution in [0.3, 0.4) is 0 Å². The van der Waals surface area contributed by atoms with Crippen LogP contribution >= 0.6 is 11.6 Å². The predicted octanol–water partition coefficient (Wildman–Crippen LogP) is 1.40. The highest BCUT2D eigenvalue weighted by molar-refractivity contribution is 6.30. The zero-order chi connectivity index (χ0) is 10.0. The molecule has 1 aromatic rings. The summed E-state index contributed by atoms with van der Waals surface area (Å²) in [5, 5.41) is 3.67. The Labute approximate surface area is 83.5 Å². The van der Waals surface area contributed by atoms with Gasteiger partial charge in [-0.1, -0.05) is 11.6 Å². The van der Waals surface area contributed by atoms with Gasteiger partial charge in [0.15, 0.2) is 0 Å². The van der Waals surface area contributed by atoms with Gasteiger partial charge in [0.1, 0.15) is 6.08 Å². The molecular weight excluding hydrogens is 188 g/mol. The summed E-state index contributed by atoms with van der Waals surface area (Å²) in [6.45, 7) is 1.78. The lowest BCUT2D eigenvalue weighted by Gasteiger charge is -2.22. The molecule has 0 saturated carbocycles. The summed E-state index contributed by atoms with van der Waals surface area (Å²) < 4.78 is 13.4. The molecule has 2 rings (SSSR count). The van der Waals surface area contributed by atoms with E-state index in [1.165, 1.54) is 6.20 Å². The Morgan fingerprint density at radius 2 is 2.62 bits per heavy atom. The highest BCUT2D eigenvalue weighted by atomic mass is 35.5. The van der Waals surface area contributed by atoms with Gasteiger partial charge in [0.2, 0.25) is 0 Å². The van der Waals surface area contributed by atoms with Gasteiger partial charge in [-0.05, 0) is 12.1 Å². The Kier molecular flexibility index (Phi) is 2.41. The molecule has 4 heteroatoms. The molecule has 1 fully saturated rings.